The second-order valence-corrected chi connectivity index (χ2v) is 6.64. The van der Waals surface area contributed by atoms with Crippen LogP contribution in [0.5, 0.6) is 23.0 Å². The summed E-state index contributed by atoms with van der Waals surface area (Å²) in [6.07, 6.45) is -0.750. The Morgan fingerprint density at radius 2 is 1.62 bits per heavy atom. The average molecular weight is 415 g/mol. The Balaban J connectivity index is 1.68. The Morgan fingerprint density at radius 1 is 0.966 bits per heavy atom. The summed E-state index contributed by atoms with van der Waals surface area (Å²) in [5, 5.41) is 3.10. The van der Waals surface area contributed by atoms with Crippen molar-refractivity contribution < 1.29 is 23.7 Å². The van der Waals surface area contributed by atoms with Crippen molar-refractivity contribution in [3.63, 3.8) is 0 Å². The van der Waals surface area contributed by atoms with Crippen molar-refractivity contribution in [3.05, 3.63) is 42.5 Å². The molecular weight excluding hydrogens is 394 g/mol. The average Bonchev–Trinajstić information content (AvgIpc) is 3.21. The summed E-state index contributed by atoms with van der Waals surface area (Å²) < 4.78 is 25.8. The van der Waals surface area contributed by atoms with Gasteiger partial charge in [-0.2, -0.15) is 9.36 Å². The fourth-order valence-corrected chi connectivity index (χ4v) is 3.13. The van der Waals surface area contributed by atoms with Gasteiger partial charge in [0, 0.05) is 17.1 Å². The minimum Gasteiger partial charge on any atom is -0.493 e. The van der Waals surface area contributed by atoms with Crippen molar-refractivity contribution in [2.75, 3.05) is 26.6 Å². The third kappa shape index (κ3) is 4.75. The molecule has 0 aliphatic rings. The van der Waals surface area contributed by atoms with Crippen molar-refractivity contribution in [2.24, 2.45) is 0 Å². The Kier molecular flexibility index (Phi) is 6.50. The van der Waals surface area contributed by atoms with Crippen LogP contribution < -0.4 is 24.3 Å². The van der Waals surface area contributed by atoms with Crippen LogP contribution in [0, 0.1) is 0 Å². The number of amides is 1. The molecule has 0 aliphatic heterocycles. The normalized spacial score (nSPS) is 11.4. The zero-order valence-corrected chi connectivity index (χ0v) is 17.3. The summed E-state index contributed by atoms with van der Waals surface area (Å²) >= 11 is 1.08. The molecule has 8 nitrogen and oxygen atoms in total. The van der Waals surface area contributed by atoms with E-state index in [-0.39, 0.29) is 5.91 Å². The molecule has 1 amide bonds. The lowest BCUT2D eigenvalue weighted by Gasteiger charge is -2.15. The molecule has 1 heterocycles. The van der Waals surface area contributed by atoms with Crippen molar-refractivity contribution in [2.45, 2.75) is 13.0 Å². The third-order valence-electron chi connectivity index (χ3n) is 4.04. The van der Waals surface area contributed by atoms with Gasteiger partial charge < -0.3 is 18.9 Å². The van der Waals surface area contributed by atoms with Crippen molar-refractivity contribution in [1.82, 2.24) is 9.36 Å². The first-order valence-corrected chi connectivity index (χ1v) is 9.49. The molecule has 0 spiro atoms. The van der Waals surface area contributed by atoms with E-state index in [2.05, 4.69) is 14.7 Å². The van der Waals surface area contributed by atoms with Crippen molar-refractivity contribution in [1.29, 1.82) is 0 Å². The lowest BCUT2D eigenvalue weighted by molar-refractivity contribution is -0.122. The Morgan fingerprint density at radius 3 is 2.31 bits per heavy atom. The number of anilines is 1. The van der Waals surface area contributed by atoms with Gasteiger partial charge in [0.15, 0.2) is 34.9 Å². The van der Waals surface area contributed by atoms with E-state index < -0.39 is 6.10 Å². The maximum Gasteiger partial charge on any atom is 0.266 e. The van der Waals surface area contributed by atoms with E-state index in [0.29, 0.717) is 34.0 Å². The number of nitrogens with one attached hydrogen (secondary N) is 1. The van der Waals surface area contributed by atoms with Crippen LogP contribution in [-0.4, -0.2) is 42.7 Å². The number of carbonyl (C=O) groups excluding carboxylic acids is 1. The quantitative estimate of drug-likeness (QED) is 0.600. The molecule has 0 bridgehead atoms. The van der Waals surface area contributed by atoms with Gasteiger partial charge in [-0.25, -0.2) is 0 Å². The molecule has 1 atom stereocenters. The van der Waals surface area contributed by atoms with E-state index in [1.165, 1.54) is 0 Å². The summed E-state index contributed by atoms with van der Waals surface area (Å²) in [5.74, 6) is 2.36. The Bertz CT molecular complexity index is 992. The summed E-state index contributed by atoms with van der Waals surface area (Å²) in [6, 6.07) is 12.5. The van der Waals surface area contributed by atoms with Crippen LogP contribution in [0.4, 0.5) is 5.13 Å². The van der Waals surface area contributed by atoms with E-state index >= 15 is 0 Å². The van der Waals surface area contributed by atoms with Crippen LogP contribution in [0.25, 0.3) is 11.4 Å². The van der Waals surface area contributed by atoms with Gasteiger partial charge in [0.05, 0.1) is 21.3 Å². The first-order chi connectivity index (χ1) is 14.0. The van der Waals surface area contributed by atoms with Crippen LogP contribution in [-0.2, 0) is 4.79 Å². The number of ether oxygens (including phenoxy) is 4. The third-order valence-corrected chi connectivity index (χ3v) is 4.67. The zero-order chi connectivity index (χ0) is 20.8. The van der Waals surface area contributed by atoms with Gasteiger partial charge >= 0.3 is 0 Å². The van der Waals surface area contributed by atoms with Gasteiger partial charge in [0.1, 0.15) is 0 Å². The molecule has 3 aromatic rings. The van der Waals surface area contributed by atoms with Crippen molar-refractivity contribution in [3.8, 4) is 34.4 Å². The molecule has 2 aromatic carbocycles. The van der Waals surface area contributed by atoms with Crippen LogP contribution in [0.1, 0.15) is 6.92 Å². The summed E-state index contributed by atoms with van der Waals surface area (Å²) in [4.78, 5) is 16.8. The maximum atomic E-state index is 12.5. The van der Waals surface area contributed by atoms with E-state index in [1.54, 1.807) is 52.5 Å². The predicted octanol–water partition coefficient (Wildman–Crippen LogP) is 3.64. The minimum atomic E-state index is -0.750. The molecule has 0 saturated heterocycles. The molecule has 29 heavy (non-hydrogen) atoms. The monoisotopic (exact) mass is 415 g/mol. The highest BCUT2D eigenvalue weighted by Crippen LogP contribution is 2.32. The Labute approximate surface area is 172 Å². The van der Waals surface area contributed by atoms with Crippen LogP contribution in [0.15, 0.2) is 42.5 Å². The number of methoxy groups -OCH3 is 3. The SMILES string of the molecule is COc1ccc(-c2nsc(NC(=O)[C@H](C)Oc3ccccc3OC)n2)cc1OC. The molecule has 0 aliphatic carbocycles. The molecule has 152 valence electrons. The van der Waals surface area contributed by atoms with Crippen molar-refractivity contribution >= 4 is 22.6 Å². The molecule has 1 N–H and O–H groups in total. The minimum absolute atomic E-state index is 0.342. The maximum absolute atomic E-state index is 12.5. The summed E-state index contributed by atoms with van der Waals surface area (Å²) in [5.41, 5.74) is 0.748. The zero-order valence-electron chi connectivity index (χ0n) is 16.5. The standard InChI is InChI=1S/C20H21N3O5S/c1-12(28-16-8-6-5-7-14(16)25-2)19(24)22-20-21-18(23-29-20)13-9-10-15(26-3)17(11-13)27-4/h5-12H,1-4H3,(H,21,22,23,24)/t12-/m0/s1. The van der Waals surface area contributed by atoms with E-state index in [9.17, 15) is 4.79 Å². The number of benzene rings is 2. The summed E-state index contributed by atoms with van der Waals surface area (Å²) in [6.45, 7) is 1.65. The number of hydrogen-bond donors (Lipinski definition) is 1. The van der Waals surface area contributed by atoms with E-state index in [1.807, 2.05) is 18.2 Å². The predicted molar refractivity (Wildman–Crippen MR) is 110 cm³/mol. The fraction of sp³-hybridized carbons (Fsp3) is 0.250. The van der Waals surface area contributed by atoms with Gasteiger partial charge in [-0.3, -0.25) is 10.1 Å². The van der Waals surface area contributed by atoms with Gasteiger partial charge in [-0.1, -0.05) is 12.1 Å². The van der Waals surface area contributed by atoms with Crippen LogP contribution >= 0.6 is 11.5 Å². The second kappa shape index (κ2) is 9.24. The molecule has 0 saturated carbocycles. The number of rotatable bonds is 8. The molecule has 0 radical (unpaired) electrons. The first kappa shape index (κ1) is 20.4. The smallest absolute Gasteiger partial charge is 0.266 e. The molecule has 1 aromatic heterocycles. The van der Waals surface area contributed by atoms with Gasteiger partial charge in [-0.15, -0.1) is 0 Å². The highest BCUT2D eigenvalue weighted by Gasteiger charge is 2.19. The largest absolute Gasteiger partial charge is 0.493 e. The molecule has 0 unspecified atom stereocenters. The summed E-state index contributed by atoms with van der Waals surface area (Å²) in [7, 11) is 4.68. The highest BCUT2D eigenvalue weighted by atomic mass is 32.1. The molecular formula is C20H21N3O5S. The number of para-hydroxylation sites is 2. The number of aromatic nitrogens is 2. The van der Waals surface area contributed by atoms with Gasteiger partial charge in [-0.05, 0) is 37.3 Å². The molecule has 9 heteroatoms. The number of hydrogen-bond acceptors (Lipinski definition) is 8. The fourth-order valence-electron chi connectivity index (χ4n) is 2.53. The van der Waals surface area contributed by atoms with Crippen LogP contribution in [0.3, 0.4) is 0 Å². The highest BCUT2D eigenvalue weighted by molar-refractivity contribution is 7.10. The lowest BCUT2D eigenvalue weighted by Crippen LogP contribution is -2.30. The number of nitrogens with zero attached hydrogens (tertiary/aromatic N) is 2. The van der Waals surface area contributed by atoms with Gasteiger partial charge in [0.25, 0.3) is 5.91 Å². The topological polar surface area (TPSA) is 91.8 Å². The molecule has 0 fully saturated rings. The lowest BCUT2D eigenvalue weighted by atomic mass is 10.2. The molecule has 3 rings (SSSR count). The second-order valence-electron chi connectivity index (χ2n) is 5.89. The van der Waals surface area contributed by atoms with Gasteiger partial charge in [0.2, 0.25) is 5.13 Å². The van der Waals surface area contributed by atoms with Crippen LogP contribution in [0.2, 0.25) is 0 Å². The number of carbonyl (C=O) groups is 1. The Hall–Kier alpha value is -3.33. The first-order valence-electron chi connectivity index (χ1n) is 8.72. The van der Waals surface area contributed by atoms with E-state index in [0.717, 1.165) is 17.1 Å². The van der Waals surface area contributed by atoms with E-state index in [4.69, 9.17) is 18.9 Å².